The van der Waals surface area contributed by atoms with Crippen molar-refractivity contribution in [1.82, 2.24) is 0 Å². The second-order valence-electron chi connectivity index (χ2n) is 1.83. The van der Waals surface area contributed by atoms with Gasteiger partial charge in [0, 0.05) is 0 Å². The Morgan fingerprint density at radius 2 is 2.27 bits per heavy atom. The third-order valence-corrected chi connectivity index (χ3v) is 1.97. The number of aliphatic imine (C=N–C) groups is 1. The fourth-order valence-electron chi connectivity index (χ4n) is 0.539. The van der Waals surface area contributed by atoms with Crippen molar-refractivity contribution in [2.75, 3.05) is 0 Å². The summed E-state index contributed by atoms with van der Waals surface area (Å²) in [5, 5.41) is 0.852. The summed E-state index contributed by atoms with van der Waals surface area (Å²) in [5.41, 5.74) is 5.35. The highest BCUT2D eigenvalue weighted by Crippen LogP contribution is 2.28. The van der Waals surface area contributed by atoms with Crippen molar-refractivity contribution in [1.29, 1.82) is 0 Å². The van der Waals surface area contributed by atoms with E-state index in [4.69, 9.17) is 17.3 Å². The van der Waals surface area contributed by atoms with Gasteiger partial charge in [-0.25, -0.2) is 4.99 Å². The summed E-state index contributed by atoms with van der Waals surface area (Å²) < 4.78 is 0.736. The highest BCUT2D eigenvalue weighted by molar-refractivity contribution is 7.19. The number of halogens is 2. The van der Waals surface area contributed by atoms with E-state index in [-0.39, 0.29) is 12.4 Å². The summed E-state index contributed by atoms with van der Waals surface area (Å²) in [4.78, 5) is 4.01. The maximum Gasteiger partial charge on any atom is 0.119 e. The van der Waals surface area contributed by atoms with Crippen LogP contribution in [0.1, 0.15) is 6.92 Å². The molecular formula is C6H8Cl2N2S. The smallest absolute Gasteiger partial charge is 0.119 e. The molecule has 0 aliphatic heterocycles. The molecule has 0 amide bonds. The zero-order chi connectivity index (χ0) is 7.56. The number of hydrogen-bond acceptors (Lipinski definition) is 2. The molecule has 2 nitrogen and oxygen atoms in total. The normalized spacial score (nSPS) is 10.9. The fraction of sp³-hybridized carbons (Fsp3) is 0.167. The lowest BCUT2D eigenvalue weighted by Crippen LogP contribution is -2.03. The van der Waals surface area contributed by atoms with Crippen molar-refractivity contribution in [3.05, 3.63) is 16.5 Å². The molecule has 1 rings (SSSR count). The van der Waals surface area contributed by atoms with Gasteiger partial charge in [-0.3, -0.25) is 0 Å². The Labute approximate surface area is 80.5 Å². The molecule has 0 atom stereocenters. The fourth-order valence-corrected chi connectivity index (χ4v) is 1.50. The minimum Gasteiger partial charge on any atom is -0.387 e. The monoisotopic (exact) mass is 210 g/mol. The summed E-state index contributed by atoms with van der Waals surface area (Å²) in [5.74, 6) is 0.554. The quantitative estimate of drug-likeness (QED) is 0.562. The van der Waals surface area contributed by atoms with Gasteiger partial charge in [0.25, 0.3) is 0 Å². The topological polar surface area (TPSA) is 38.4 Å². The summed E-state index contributed by atoms with van der Waals surface area (Å²) in [7, 11) is 0. The van der Waals surface area contributed by atoms with Crippen LogP contribution in [0.25, 0.3) is 0 Å². The van der Waals surface area contributed by atoms with Crippen LogP contribution < -0.4 is 5.73 Å². The van der Waals surface area contributed by atoms with E-state index < -0.39 is 0 Å². The molecule has 0 radical (unpaired) electrons. The number of hydrogen-bond donors (Lipinski definition) is 1. The van der Waals surface area contributed by atoms with Crippen molar-refractivity contribution in [3.8, 4) is 0 Å². The van der Waals surface area contributed by atoms with Crippen molar-refractivity contribution >= 4 is 46.2 Å². The van der Waals surface area contributed by atoms with Crippen LogP contribution in [0.2, 0.25) is 4.34 Å². The van der Waals surface area contributed by atoms with Gasteiger partial charge in [-0.15, -0.1) is 23.7 Å². The van der Waals surface area contributed by atoms with Crippen LogP contribution in [0.3, 0.4) is 0 Å². The van der Waals surface area contributed by atoms with Gasteiger partial charge in [0.15, 0.2) is 0 Å². The lowest BCUT2D eigenvalue weighted by Gasteiger charge is -1.85. The summed E-state index contributed by atoms with van der Waals surface area (Å²) in [6.07, 6.45) is 0. The Morgan fingerprint density at radius 1 is 1.64 bits per heavy atom. The molecule has 0 fully saturated rings. The van der Waals surface area contributed by atoms with E-state index in [0.29, 0.717) is 5.84 Å². The minimum atomic E-state index is 0. The van der Waals surface area contributed by atoms with Gasteiger partial charge in [0.2, 0.25) is 0 Å². The van der Waals surface area contributed by atoms with Crippen molar-refractivity contribution in [3.63, 3.8) is 0 Å². The highest BCUT2D eigenvalue weighted by atomic mass is 35.5. The number of nitrogens with two attached hydrogens (primary N) is 1. The predicted molar refractivity (Wildman–Crippen MR) is 53.5 cm³/mol. The van der Waals surface area contributed by atoms with E-state index in [9.17, 15) is 0 Å². The van der Waals surface area contributed by atoms with Gasteiger partial charge in [-0.2, -0.15) is 0 Å². The number of thiophene rings is 1. The predicted octanol–water partition coefficient (Wildman–Crippen LogP) is 2.83. The SMILES string of the molecule is C/C(N)=N\c1ccc(Cl)s1.Cl. The summed E-state index contributed by atoms with van der Waals surface area (Å²) >= 11 is 7.07. The van der Waals surface area contributed by atoms with E-state index >= 15 is 0 Å². The van der Waals surface area contributed by atoms with Gasteiger partial charge in [0.1, 0.15) is 5.00 Å². The van der Waals surface area contributed by atoms with E-state index in [1.54, 1.807) is 13.0 Å². The van der Waals surface area contributed by atoms with Crippen molar-refractivity contribution in [2.24, 2.45) is 10.7 Å². The average molecular weight is 211 g/mol. The van der Waals surface area contributed by atoms with Crippen molar-refractivity contribution in [2.45, 2.75) is 6.92 Å². The van der Waals surface area contributed by atoms with E-state index in [1.165, 1.54) is 11.3 Å². The van der Waals surface area contributed by atoms with Gasteiger partial charge in [-0.05, 0) is 19.1 Å². The van der Waals surface area contributed by atoms with E-state index in [1.807, 2.05) is 6.07 Å². The van der Waals surface area contributed by atoms with Crippen molar-refractivity contribution < 1.29 is 0 Å². The van der Waals surface area contributed by atoms with Crippen LogP contribution in [-0.4, -0.2) is 5.84 Å². The van der Waals surface area contributed by atoms with Crippen LogP contribution in [0.15, 0.2) is 17.1 Å². The highest BCUT2D eigenvalue weighted by Gasteiger charge is 1.93. The first-order chi connectivity index (χ1) is 4.68. The first kappa shape index (κ1) is 10.8. The molecule has 1 aromatic rings. The van der Waals surface area contributed by atoms with Crippen LogP contribution in [0.4, 0.5) is 5.00 Å². The second kappa shape index (κ2) is 4.59. The standard InChI is InChI=1S/C6H7ClN2S.ClH/c1-4(8)9-6-3-2-5(7)10-6;/h2-3H,1H3,(H2,8,9);1H. The molecular weight excluding hydrogens is 203 g/mol. The zero-order valence-electron chi connectivity index (χ0n) is 5.87. The average Bonchev–Trinajstić information content (AvgIpc) is 2.13. The van der Waals surface area contributed by atoms with E-state index in [0.717, 1.165) is 9.34 Å². The molecule has 0 aromatic carbocycles. The van der Waals surface area contributed by atoms with Gasteiger partial charge >= 0.3 is 0 Å². The minimum absolute atomic E-state index is 0. The summed E-state index contributed by atoms with van der Waals surface area (Å²) in [6, 6.07) is 3.64. The molecule has 62 valence electrons. The first-order valence-electron chi connectivity index (χ1n) is 2.74. The van der Waals surface area contributed by atoms with Gasteiger partial charge in [0.05, 0.1) is 10.2 Å². The van der Waals surface area contributed by atoms with E-state index in [2.05, 4.69) is 4.99 Å². The zero-order valence-corrected chi connectivity index (χ0v) is 8.26. The molecule has 0 unspecified atom stereocenters. The Balaban J connectivity index is 0.000001000. The molecule has 1 aromatic heterocycles. The van der Waals surface area contributed by atoms with Gasteiger partial charge < -0.3 is 5.73 Å². The van der Waals surface area contributed by atoms with Crippen LogP contribution >= 0.6 is 35.3 Å². The molecule has 0 aliphatic carbocycles. The van der Waals surface area contributed by atoms with Crippen LogP contribution in [-0.2, 0) is 0 Å². The summed E-state index contributed by atoms with van der Waals surface area (Å²) in [6.45, 7) is 1.74. The first-order valence-corrected chi connectivity index (χ1v) is 3.94. The second-order valence-corrected chi connectivity index (χ2v) is 3.52. The molecule has 11 heavy (non-hydrogen) atoms. The Hall–Kier alpha value is -0.250. The Morgan fingerprint density at radius 3 is 2.64 bits per heavy atom. The molecule has 0 spiro atoms. The van der Waals surface area contributed by atoms with Gasteiger partial charge in [-0.1, -0.05) is 11.6 Å². The maximum absolute atomic E-state index is 5.65. The third-order valence-electron chi connectivity index (χ3n) is 0.846. The van der Waals surface area contributed by atoms with Crippen LogP contribution in [0.5, 0.6) is 0 Å². The molecule has 0 aliphatic rings. The van der Waals surface area contributed by atoms with Crippen LogP contribution in [0, 0.1) is 0 Å². The Bertz CT molecular complexity index is 253. The third kappa shape index (κ3) is 3.60. The molecule has 0 saturated carbocycles. The largest absolute Gasteiger partial charge is 0.387 e. The number of rotatable bonds is 1. The molecule has 5 heteroatoms. The molecule has 0 bridgehead atoms. The molecule has 2 N–H and O–H groups in total. The number of nitrogens with zero attached hydrogens (tertiary/aromatic N) is 1. The lowest BCUT2D eigenvalue weighted by atomic mass is 10.6. The maximum atomic E-state index is 5.65. The molecule has 1 heterocycles. The lowest BCUT2D eigenvalue weighted by molar-refractivity contribution is 1.50. The Kier molecular flexibility index (Phi) is 4.49. The molecule has 0 saturated heterocycles. The number of amidine groups is 1.